The maximum absolute atomic E-state index is 13.5. The van der Waals surface area contributed by atoms with Crippen LogP contribution in [0, 0.1) is 27.7 Å². The van der Waals surface area contributed by atoms with E-state index in [1.165, 1.54) is 20.3 Å². The van der Waals surface area contributed by atoms with E-state index in [0.29, 0.717) is 23.7 Å². The predicted molar refractivity (Wildman–Crippen MR) is 127 cm³/mol. The lowest BCUT2D eigenvalue weighted by Gasteiger charge is -2.17. The van der Waals surface area contributed by atoms with Crippen LogP contribution in [0.25, 0.3) is 11.2 Å². The standard InChI is InChI=1S/C25H27N5O2/c1-15-6-7-17(3)19(12-15)14-30-23(31)21-22(27(5)25(30)32)26-24-28(10-11-29(21)24)20-9-8-16(2)18(4)13-20/h6-9,12-13H,10-11,14H2,1-5H3. The molecule has 164 valence electrons. The first-order valence-corrected chi connectivity index (χ1v) is 10.9. The molecule has 2 aromatic carbocycles. The van der Waals surface area contributed by atoms with Crippen LogP contribution in [0.3, 0.4) is 0 Å². The van der Waals surface area contributed by atoms with E-state index in [9.17, 15) is 9.59 Å². The third-order valence-corrected chi connectivity index (χ3v) is 6.64. The summed E-state index contributed by atoms with van der Waals surface area (Å²) >= 11 is 0. The van der Waals surface area contributed by atoms with Gasteiger partial charge in [0.05, 0.1) is 6.54 Å². The monoisotopic (exact) mass is 429 g/mol. The first-order chi connectivity index (χ1) is 15.3. The highest BCUT2D eigenvalue weighted by Crippen LogP contribution is 2.32. The highest BCUT2D eigenvalue weighted by atomic mass is 16.2. The van der Waals surface area contributed by atoms with Crippen molar-refractivity contribution in [1.82, 2.24) is 18.7 Å². The molecule has 4 aromatic rings. The molecule has 0 atom stereocenters. The van der Waals surface area contributed by atoms with Gasteiger partial charge in [-0.15, -0.1) is 0 Å². The fourth-order valence-corrected chi connectivity index (χ4v) is 4.50. The lowest BCUT2D eigenvalue weighted by molar-refractivity contribution is 0.650. The molecule has 7 heteroatoms. The van der Waals surface area contributed by atoms with Crippen molar-refractivity contribution in [3.63, 3.8) is 0 Å². The maximum Gasteiger partial charge on any atom is 0.332 e. The van der Waals surface area contributed by atoms with Gasteiger partial charge in [0.25, 0.3) is 5.56 Å². The van der Waals surface area contributed by atoms with Crippen LogP contribution >= 0.6 is 0 Å². The van der Waals surface area contributed by atoms with E-state index in [1.54, 1.807) is 7.05 Å². The molecule has 0 radical (unpaired) electrons. The Bertz CT molecular complexity index is 1510. The van der Waals surface area contributed by atoms with Crippen LogP contribution in [0.4, 0.5) is 11.6 Å². The number of imidazole rings is 1. The zero-order valence-electron chi connectivity index (χ0n) is 19.1. The van der Waals surface area contributed by atoms with Crippen LogP contribution in [0.1, 0.15) is 27.8 Å². The summed E-state index contributed by atoms with van der Waals surface area (Å²) in [5, 5.41) is 0. The summed E-state index contributed by atoms with van der Waals surface area (Å²) < 4.78 is 4.77. The van der Waals surface area contributed by atoms with E-state index in [0.717, 1.165) is 28.9 Å². The number of hydrogen-bond acceptors (Lipinski definition) is 4. The fraction of sp³-hybridized carbons (Fsp3) is 0.320. The van der Waals surface area contributed by atoms with Crippen molar-refractivity contribution in [2.45, 2.75) is 40.8 Å². The van der Waals surface area contributed by atoms with Gasteiger partial charge in [-0.3, -0.25) is 13.9 Å². The molecule has 0 fully saturated rings. The van der Waals surface area contributed by atoms with Gasteiger partial charge in [-0.1, -0.05) is 29.8 Å². The highest BCUT2D eigenvalue weighted by Gasteiger charge is 2.29. The SMILES string of the molecule is Cc1ccc(C)c(Cn2c(=O)c3c(nc4n3CCN4c3ccc(C)c(C)c3)n(C)c2=O)c1. The molecule has 32 heavy (non-hydrogen) atoms. The van der Waals surface area contributed by atoms with Gasteiger partial charge in [0.1, 0.15) is 0 Å². The molecular formula is C25H27N5O2. The number of aryl methyl sites for hydroxylation is 5. The molecule has 1 aliphatic heterocycles. The van der Waals surface area contributed by atoms with Crippen molar-refractivity contribution in [1.29, 1.82) is 0 Å². The van der Waals surface area contributed by atoms with Gasteiger partial charge < -0.3 is 9.47 Å². The average molecular weight is 430 g/mol. The van der Waals surface area contributed by atoms with E-state index in [4.69, 9.17) is 4.98 Å². The predicted octanol–water partition coefficient (Wildman–Crippen LogP) is 3.33. The maximum atomic E-state index is 13.5. The van der Waals surface area contributed by atoms with Crippen molar-refractivity contribution in [3.8, 4) is 0 Å². The number of benzene rings is 2. The van der Waals surface area contributed by atoms with Crippen LogP contribution in [-0.4, -0.2) is 25.2 Å². The minimum Gasteiger partial charge on any atom is -0.310 e. The highest BCUT2D eigenvalue weighted by molar-refractivity contribution is 5.78. The van der Waals surface area contributed by atoms with Crippen molar-refractivity contribution in [3.05, 3.63) is 85.1 Å². The summed E-state index contributed by atoms with van der Waals surface area (Å²) in [7, 11) is 1.69. The molecule has 5 rings (SSSR count). The molecule has 0 saturated carbocycles. The van der Waals surface area contributed by atoms with Gasteiger partial charge in [0.2, 0.25) is 5.95 Å². The lowest BCUT2D eigenvalue weighted by Crippen LogP contribution is -2.40. The van der Waals surface area contributed by atoms with E-state index >= 15 is 0 Å². The molecule has 0 bridgehead atoms. The van der Waals surface area contributed by atoms with Crippen LogP contribution in [0.5, 0.6) is 0 Å². The van der Waals surface area contributed by atoms with Crippen LogP contribution in [0.15, 0.2) is 46.0 Å². The second kappa shape index (κ2) is 7.22. The van der Waals surface area contributed by atoms with Crippen LogP contribution in [0.2, 0.25) is 0 Å². The lowest BCUT2D eigenvalue weighted by atomic mass is 10.1. The Morgan fingerprint density at radius 1 is 0.906 bits per heavy atom. The Hall–Kier alpha value is -3.61. The number of rotatable bonds is 3. The second-order valence-electron chi connectivity index (χ2n) is 8.82. The summed E-state index contributed by atoms with van der Waals surface area (Å²) in [5.74, 6) is 0.708. The van der Waals surface area contributed by atoms with Crippen molar-refractivity contribution >= 4 is 22.8 Å². The van der Waals surface area contributed by atoms with Crippen molar-refractivity contribution < 1.29 is 0 Å². The Kier molecular flexibility index (Phi) is 4.58. The van der Waals surface area contributed by atoms with Gasteiger partial charge in [0, 0.05) is 25.8 Å². The van der Waals surface area contributed by atoms with Gasteiger partial charge >= 0.3 is 5.69 Å². The van der Waals surface area contributed by atoms with E-state index < -0.39 is 0 Å². The van der Waals surface area contributed by atoms with Gasteiger partial charge in [-0.25, -0.2) is 4.79 Å². The van der Waals surface area contributed by atoms with Crippen LogP contribution in [-0.2, 0) is 20.1 Å². The van der Waals surface area contributed by atoms with E-state index in [2.05, 4.69) is 36.9 Å². The second-order valence-corrected chi connectivity index (χ2v) is 8.82. The molecule has 0 N–H and O–H groups in total. The van der Waals surface area contributed by atoms with Gasteiger partial charge in [-0.05, 0) is 62.1 Å². The quantitative estimate of drug-likeness (QED) is 0.501. The summed E-state index contributed by atoms with van der Waals surface area (Å²) in [6.45, 7) is 9.82. The summed E-state index contributed by atoms with van der Waals surface area (Å²) in [4.78, 5) is 33.5. The summed E-state index contributed by atoms with van der Waals surface area (Å²) in [6, 6.07) is 12.4. The minimum absolute atomic E-state index is 0.246. The Morgan fingerprint density at radius 3 is 2.41 bits per heavy atom. The number of fused-ring (bicyclic) bond motifs is 3. The van der Waals surface area contributed by atoms with Crippen molar-refractivity contribution in [2.75, 3.05) is 11.4 Å². The minimum atomic E-state index is -0.349. The molecule has 0 spiro atoms. The molecule has 0 unspecified atom stereocenters. The number of anilines is 2. The Labute approximate surface area is 186 Å². The smallest absolute Gasteiger partial charge is 0.310 e. The molecule has 7 nitrogen and oxygen atoms in total. The molecule has 0 saturated heterocycles. The van der Waals surface area contributed by atoms with E-state index in [-0.39, 0.29) is 17.8 Å². The largest absolute Gasteiger partial charge is 0.332 e. The van der Waals surface area contributed by atoms with Crippen LogP contribution < -0.4 is 16.1 Å². The molecular weight excluding hydrogens is 402 g/mol. The topological polar surface area (TPSA) is 65.1 Å². The van der Waals surface area contributed by atoms with Gasteiger partial charge in [0.15, 0.2) is 11.2 Å². The molecule has 1 aliphatic rings. The third-order valence-electron chi connectivity index (χ3n) is 6.64. The third kappa shape index (κ3) is 2.99. The molecule has 0 aliphatic carbocycles. The first kappa shape index (κ1) is 20.3. The molecule has 3 heterocycles. The van der Waals surface area contributed by atoms with E-state index in [1.807, 2.05) is 36.6 Å². The van der Waals surface area contributed by atoms with Gasteiger partial charge in [-0.2, -0.15) is 4.98 Å². The summed E-state index contributed by atoms with van der Waals surface area (Å²) in [6.07, 6.45) is 0. The molecule has 0 amide bonds. The Balaban J connectivity index is 1.68. The zero-order valence-corrected chi connectivity index (χ0v) is 19.1. The normalized spacial score (nSPS) is 13.2. The number of aromatic nitrogens is 4. The first-order valence-electron chi connectivity index (χ1n) is 10.9. The zero-order chi connectivity index (χ0) is 22.7. The van der Waals surface area contributed by atoms with Crippen molar-refractivity contribution in [2.24, 2.45) is 7.05 Å². The average Bonchev–Trinajstić information content (AvgIpc) is 3.33. The fourth-order valence-electron chi connectivity index (χ4n) is 4.50. The number of hydrogen-bond donors (Lipinski definition) is 0. The molecule has 2 aromatic heterocycles. The Morgan fingerprint density at radius 2 is 1.66 bits per heavy atom. The summed E-state index contributed by atoms with van der Waals surface area (Å²) in [5.41, 5.74) is 6.90. The number of nitrogens with zero attached hydrogens (tertiary/aromatic N) is 5.